The first kappa shape index (κ1) is 18.6. The number of carbonyl (C=O) groups is 3. The zero-order valence-electron chi connectivity index (χ0n) is 15.2. The van der Waals surface area contributed by atoms with Gasteiger partial charge in [-0.05, 0) is 42.2 Å². The van der Waals surface area contributed by atoms with Crippen LogP contribution in [0.15, 0.2) is 48.5 Å². The van der Waals surface area contributed by atoms with Crippen LogP contribution in [0.3, 0.4) is 0 Å². The van der Waals surface area contributed by atoms with E-state index in [-0.39, 0.29) is 24.1 Å². The van der Waals surface area contributed by atoms with E-state index >= 15 is 0 Å². The Hall–Kier alpha value is -3.15. The number of β-lactam (4-membered cyclic amide) rings is 2. The van der Waals surface area contributed by atoms with E-state index in [9.17, 15) is 14.4 Å². The van der Waals surface area contributed by atoms with Crippen LogP contribution in [0.5, 0.6) is 5.75 Å². The lowest BCUT2D eigenvalue weighted by molar-refractivity contribution is -0.157. The second kappa shape index (κ2) is 8.49. The topological polar surface area (TPSA) is 75.7 Å². The molecule has 1 aliphatic rings. The lowest BCUT2D eigenvalue weighted by Gasteiger charge is -2.28. The summed E-state index contributed by atoms with van der Waals surface area (Å²) in [6, 6.07) is 15.4. The number of hydrogen-bond donors (Lipinski definition) is 1. The van der Waals surface area contributed by atoms with Gasteiger partial charge in [-0.15, -0.1) is 0 Å². The average Bonchev–Trinajstić information content (AvgIpc) is 2.65. The Labute approximate surface area is 158 Å². The summed E-state index contributed by atoms with van der Waals surface area (Å²) in [7, 11) is 0. The highest BCUT2D eigenvalue weighted by atomic mass is 16.5. The largest absolute Gasteiger partial charge is 0.489 e. The van der Waals surface area contributed by atoms with E-state index in [0.717, 1.165) is 16.8 Å². The normalized spacial score (nSPS) is 13.3. The standard InChI is InChI=1S/C21H22N2O4/c1-15(24)22-19-10-9-18(27-14-16-6-3-2-4-7-16)12-17(19)8-5-11-23-20(25)13-21(23)26/h2-4,6-7,9-10,12H,5,8,11,13-14H2,1H3,(H,22,24). The highest BCUT2D eigenvalue weighted by Gasteiger charge is 2.33. The molecular weight excluding hydrogens is 344 g/mol. The van der Waals surface area contributed by atoms with E-state index in [1.165, 1.54) is 11.8 Å². The fourth-order valence-electron chi connectivity index (χ4n) is 2.96. The van der Waals surface area contributed by atoms with Gasteiger partial charge in [0.1, 0.15) is 18.8 Å². The van der Waals surface area contributed by atoms with E-state index < -0.39 is 0 Å². The number of hydrogen-bond acceptors (Lipinski definition) is 4. The summed E-state index contributed by atoms with van der Waals surface area (Å²) >= 11 is 0. The summed E-state index contributed by atoms with van der Waals surface area (Å²) in [6.07, 6.45) is 1.27. The molecule has 1 aliphatic heterocycles. The Morgan fingerprint density at radius 3 is 2.52 bits per heavy atom. The molecule has 0 unspecified atom stereocenters. The highest BCUT2D eigenvalue weighted by molar-refractivity contribution is 6.14. The molecule has 1 heterocycles. The Morgan fingerprint density at radius 1 is 1.11 bits per heavy atom. The van der Waals surface area contributed by atoms with E-state index in [1.54, 1.807) is 0 Å². The monoisotopic (exact) mass is 366 g/mol. The van der Waals surface area contributed by atoms with Gasteiger partial charge in [0, 0.05) is 19.2 Å². The van der Waals surface area contributed by atoms with Crippen LogP contribution in [0.4, 0.5) is 5.69 Å². The molecule has 1 N–H and O–H groups in total. The van der Waals surface area contributed by atoms with Crippen LogP contribution in [-0.4, -0.2) is 29.2 Å². The van der Waals surface area contributed by atoms with Gasteiger partial charge in [-0.2, -0.15) is 0 Å². The predicted molar refractivity (Wildman–Crippen MR) is 101 cm³/mol. The smallest absolute Gasteiger partial charge is 0.238 e. The van der Waals surface area contributed by atoms with Gasteiger partial charge in [-0.1, -0.05) is 30.3 Å². The third-order valence-electron chi connectivity index (χ3n) is 4.37. The predicted octanol–water partition coefficient (Wildman–Crippen LogP) is 2.92. The van der Waals surface area contributed by atoms with E-state index in [1.807, 2.05) is 48.5 Å². The van der Waals surface area contributed by atoms with Gasteiger partial charge >= 0.3 is 0 Å². The summed E-state index contributed by atoms with van der Waals surface area (Å²) in [4.78, 5) is 35.5. The number of ether oxygens (including phenoxy) is 1. The summed E-state index contributed by atoms with van der Waals surface area (Å²) in [5.41, 5.74) is 2.70. The van der Waals surface area contributed by atoms with Gasteiger partial charge in [-0.25, -0.2) is 0 Å². The molecule has 3 amide bonds. The third kappa shape index (κ3) is 4.94. The second-order valence-electron chi connectivity index (χ2n) is 6.49. The molecular formula is C21H22N2O4. The highest BCUT2D eigenvalue weighted by Crippen LogP contribution is 2.25. The number of benzene rings is 2. The van der Waals surface area contributed by atoms with Crippen LogP contribution in [-0.2, 0) is 27.4 Å². The molecule has 27 heavy (non-hydrogen) atoms. The molecule has 2 aromatic carbocycles. The van der Waals surface area contributed by atoms with Crippen molar-refractivity contribution in [3.8, 4) is 5.75 Å². The molecule has 0 aromatic heterocycles. The summed E-state index contributed by atoms with van der Waals surface area (Å²) in [6.45, 7) is 2.31. The van der Waals surface area contributed by atoms with Gasteiger partial charge in [-0.3, -0.25) is 19.3 Å². The first-order chi connectivity index (χ1) is 13.0. The van der Waals surface area contributed by atoms with Crippen LogP contribution in [0.25, 0.3) is 0 Å². The molecule has 0 saturated carbocycles. The molecule has 6 nitrogen and oxygen atoms in total. The second-order valence-corrected chi connectivity index (χ2v) is 6.49. The number of anilines is 1. The van der Waals surface area contributed by atoms with Crippen LogP contribution < -0.4 is 10.1 Å². The van der Waals surface area contributed by atoms with Crippen molar-refractivity contribution in [2.24, 2.45) is 0 Å². The summed E-state index contributed by atoms with van der Waals surface area (Å²) in [5.74, 6) is 0.311. The van der Waals surface area contributed by atoms with Crippen molar-refractivity contribution in [3.05, 3.63) is 59.7 Å². The van der Waals surface area contributed by atoms with Crippen LogP contribution in [0.2, 0.25) is 0 Å². The average molecular weight is 366 g/mol. The molecule has 6 heteroatoms. The molecule has 0 spiro atoms. The van der Waals surface area contributed by atoms with Crippen LogP contribution >= 0.6 is 0 Å². The number of amides is 3. The Bertz CT molecular complexity index is 835. The number of imide groups is 1. The number of rotatable bonds is 8. The van der Waals surface area contributed by atoms with Crippen molar-refractivity contribution in [1.29, 1.82) is 0 Å². The maximum absolute atomic E-state index is 11.4. The minimum absolute atomic E-state index is 0.0138. The van der Waals surface area contributed by atoms with E-state index in [4.69, 9.17) is 4.74 Å². The minimum atomic E-state index is -0.151. The van der Waals surface area contributed by atoms with Gasteiger partial charge < -0.3 is 10.1 Å². The Morgan fingerprint density at radius 2 is 1.85 bits per heavy atom. The van der Waals surface area contributed by atoms with E-state index in [0.29, 0.717) is 31.7 Å². The molecule has 1 fully saturated rings. The SMILES string of the molecule is CC(=O)Nc1ccc(OCc2ccccc2)cc1CCCN1C(=O)CC1=O. The number of nitrogens with one attached hydrogen (secondary N) is 1. The fourth-order valence-corrected chi connectivity index (χ4v) is 2.96. The Kier molecular flexibility index (Phi) is 5.86. The molecule has 0 atom stereocenters. The molecule has 0 radical (unpaired) electrons. The first-order valence-electron chi connectivity index (χ1n) is 8.93. The third-order valence-corrected chi connectivity index (χ3v) is 4.37. The van der Waals surface area contributed by atoms with Crippen LogP contribution in [0.1, 0.15) is 30.9 Å². The van der Waals surface area contributed by atoms with Crippen molar-refractivity contribution in [3.63, 3.8) is 0 Å². The van der Waals surface area contributed by atoms with Gasteiger partial charge in [0.15, 0.2) is 0 Å². The quantitative estimate of drug-likeness (QED) is 0.576. The van der Waals surface area contributed by atoms with Crippen molar-refractivity contribution in [2.45, 2.75) is 32.8 Å². The zero-order valence-corrected chi connectivity index (χ0v) is 15.2. The van der Waals surface area contributed by atoms with Crippen LogP contribution in [0, 0.1) is 0 Å². The minimum Gasteiger partial charge on any atom is -0.489 e. The summed E-state index contributed by atoms with van der Waals surface area (Å²) < 4.78 is 5.86. The lowest BCUT2D eigenvalue weighted by Crippen LogP contribution is -2.49. The molecule has 0 aliphatic carbocycles. The lowest BCUT2D eigenvalue weighted by atomic mass is 10.1. The summed E-state index contributed by atoms with van der Waals surface area (Å²) in [5, 5.41) is 2.82. The number of likely N-dealkylation sites (tertiary alicyclic amines) is 1. The Balaban J connectivity index is 1.65. The molecule has 1 saturated heterocycles. The maximum atomic E-state index is 11.4. The number of aryl methyl sites for hydroxylation is 1. The van der Waals surface area contributed by atoms with Gasteiger partial charge in [0.05, 0.1) is 0 Å². The maximum Gasteiger partial charge on any atom is 0.238 e. The van der Waals surface area contributed by atoms with E-state index in [2.05, 4.69) is 5.32 Å². The number of nitrogens with zero attached hydrogens (tertiary/aromatic N) is 1. The molecule has 140 valence electrons. The number of carbonyl (C=O) groups excluding carboxylic acids is 3. The molecule has 2 aromatic rings. The molecule has 0 bridgehead atoms. The van der Waals surface area contributed by atoms with Gasteiger partial charge in [0.25, 0.3) is 0 Å². The van der Waals surface area contributed by atoms with Crippen molar-refractivity contribution >= 4 is 23.4 Å². The zero-order chi connectivity index (χ0) is 19.2. The molecule has 3 rings (SSSR count). The first-order valence-corrected chi connectivity index (χ1v) is 8.93. The fraction of sp³-hybridized carbons (Fsp3) is 0.286. The van der Waals surface area contributed by atoms with Crippen molar-refractivity contribution in [1.82, 2.24) is 4.90 Å². The van der Waals surface area contributed by atoms with Gasteiger partial charge in [0.2, 0.25) is 17.7 Å². The van der Waals surface area contributed by atoms with Crippen molar-refractivity contribution in [2.75, 3.05) is 11.9 Å². The van der Waals surface area contributed by atoms with Crippen molar-refractivity contribution < 1.29 is 19.1 Å².